The standard InChI is InChI=1S/C18H21N3O2/c1-20(2)15-7-5-6-14(12-15)18(22)21-11-9-16(13-21)23-17-8-3-4-10-19-17/h3-8,10,12,16H,9,11,13H2,1-2H3. The summed E-state index contributed by atoms with van der Waals surface area (Å²) in [7, 11) is 3.94. The van der Waals surface area contributed by atoms with Crippen molar-refractivity contribution in [3.8, 4) is 5.88 Å². The number of hydrogen-bond donors (Lipinski definition) is 0. The summed E-state index contributed by atoms with van der Waals surface area (Å²) in [6.45, 7) is 1.31. The van der Waals surface area contributed by atoms with Crippen LogP contribution in [0.2, 0.25) is 0 Å². The van der Waals surface area contributed by atoms with Gasteiger partial charge in [-0.1, -0.05) is 12.1 Å². The minimum atomic E-state index is 0.00545. The van der Waals surface area contributed by atoms with E-state index in [1.54, 1.807) is 6.20 Å². The number of aromatic nitrogens is 1. The van der Waals surface area contributed by atoms with Crippen LogP contribution in [-0.4, -0.2) is 49.1 Å². The monoisotopic (exact) mass is 311 g/mol. The molecule has 2 aromatic rings. The average Bonchev–Trinajstić information content (AvgIpc) is 3.03. The Morgan fingerprint density at radius 1 is 1.26 bits per heavy atom. The molecule has 1 aliphatic heterocycles. The first kappa shape index (κ1) is 15.3. The Hall–Kier alpha value is -2.56. The highest BCUT2D eigenvalue weighted by Crippen LogP contribution is 2.20. The molecule has 2 heterocycles. The van der Waals surface area contributed by atoms with Gasteiger partial charge in [-0.2, -0.15) is 0 Å². The Morgan fingerprint density at radius 2 is 2.13 bits per heavy atom. The highest BCUT2D eigenvalue weighted by atomic mass is 16.5. The molecule has 1 unspecified atom stereocenters. The van der Waals surface area contributed by atoms with Gasteiger partial charge in [-0.25, -0.2) is 4.98 Å². The van der Waals surface area contributed by atoms with Crippen LogP contribution >= 0.6 is 0 Å². The number of nitrogens with zero attached hydrogens (tertiary/aromatic N) is 3. The maximum absolute atomic E-state index is 12.7. The fourth-order valence-electron chi connectivity index (χ4n) is 2.70. The van der Waals surface area contributed by atoms with E-state index in [9.17, 15) is 4.79 Å². The van der Waals surface area contributed by atoms with Crippen LogP contribution in [0.15, 0.2) is 48.7 Å². The molecule has 0 N–H and O–H groups in total. The van der Waals surface area contributed by atoms with Crippen molar-refractivity contribution in [2.24, 2.45) is 0 Å². The molecule has 23 heavy (non-hydrogen) atoms. The van der Waals surface area contributed by atoms with Gasteiger partial charge < -0.3 is 14.5 Å². The molecule has 1 amide bonds. The number of carbonyl (C=O) groups is 1. The summed E-state index contributed by atoms with van der Waals surface area (Å²) in [6, 6.07) is 13.3. The van der Waals surface area contributed by atoms with Crippen LogP contribution in [0.3, 0.4) is 0 Å². The second-order valence-electron chi connectivity index (χ2n) is 5.89. The van der Waals surface area contributed by atoms with Crippen molar-refractivity contribution in [2.75, 3.05) is 32.1 Å². The fourth-order valence-corrected chi connectivity index (χ4v) is 2.70. The molecule has 0 aliphatic carbocycles. The lowest BCUT2D eigenvalue weighted by Gasteiger charge is -2.18. The van der Waals surface area contributed by atoms with E-state index in [0.29, 0.717) is 19.0 Å². The molecule has 0 saturated carbocycles. The molecule has 0 bridgehead atoms. The smallest absolute Gasteiger partial charge is 0.254 e. The minimum Gasteiger partial charge on any atom is -0.472 e. The van der Waals surface area contributed by atoms with Gasteiger partial charge in [-0.05, 0) is 24.3 Å². The van der Waals surface area contributed by atoms with Crippen LogP contribution in [0.25, 0.3) is 0 Å². The molecule has 1 atom stereocenters. The van der Waals surface area contributed by atoms with Crippen LogP contribution in [0.1, 0.15) is 16.8 Å². The summed E-state index contributed by atoms with van der Waals surface area (Å²) in [5.74, 6) is 0.669. The van der Waals surface area contributed by atoms with Crippen LogP contribution in [-0.2, 0) is 0 Å². The van der Waals surface area contributed by atoms with Crippen LogP contribution < -0.4 is 9.64 Å². The predicted octanol–water partition coefficient (Wildman–Crippen LogP) is 2.44. The number of ether oxygens (including phenoxy) is 1. The first-order chi connectivity index (χ1) is 11.1. The van der Waals surface area contributed by atoms with Gasteiger partial charge in [0.15, 0.2) is 0 Å². The van der Waals surface area contributed by atoms with Gasteiger partial charge in [0.2, 0.25) is 5.88 Å². The molecule has 5 heteroatoms. The third kappa shape index (κ3) is 3.62. The highest BCUT2D eigenvalue weighted by Gasteiger charge is 2.28. The zero-order chi connectivity index (χ0) is 16.2. The normalized spacial score (nSPS) is 17.1. The predicted molar refractivity (Wildman–Crippen MR) is 89.9 cm³/mol. The Bertz CT molecular complexity index is 673. The number of anilines is 1. The molecule has 0 radical (unpaired) electrons. The highest BCUT2D eigenvalue weighted by molar-refractivity contribution is 5.95. The molecule has 1 aromatic carbocycles. The zero-order valence-electron chi connectivity index (χ0n) is 13.5. The lowest BCUT2D eigenvalue weighted by Crippen LogP contribution is -2.31. The molecule has 1 aromatic heterocycles. The van der Waals surface area contributed by atoms with E-state index in [1.807, 2.05) is 66.4 Å². The van der Waals surface area contributed by atoms with Gasteiger partial charge in [0.05, 0.1) is 6.54 Å². The lowest BCUT2D eigenvalue weighted by molar-refractivity contribution is 0.0771. The first-order valence-electron chi connectivity index (χ1n) is 7.78. The maximum Gasteiger partial charge on any atom is 0.254 e. The number of rotatable bonds is 4. The summed E-state index contributed by atoms with van der Waals surface area (Å²) in [4.78, 5) is 20.7. The van der Waals surface area contributed by atoms with E-state index in [4.69, 9.17) is 4.74 Å². The minimum absolute atomic E-state index is 0.00545. The number of likely N-dealkylation sites (tertiary alicyclic amines) is 1. The van der Waals surface area contributed by atoms with Crippen molar-refractivity contribution in [3.05, 3.63) is 54.2 Å². The van der Waals surface area contributed by atoms with Crippen molar-refractivity contribution < 1.29 is 9.53 Å². The molecule has 0 spiro atoms. The number of benzene rings is 1. The van der Waals surface area contributed by atoms with Crippen LogP contribution in [0, 0.1) is 0 Å². The van der Waals surface area contributed by atoms with Gasteiger partial charge in [0.25, 0.3) is 5.91 Å². The SMILES string of the molecule is CN(C)c1cccc(C(=O)N2CCC(Oc3ccccn3)C2)c1. The van der Waals surface area contributed by atoms with E-state index in [2.05, 4.69) is 4.98 Å². The van der Waals surface area contributed by atoms with Gasteiger partial charge in [0, 0.05) is 50.6 Å². The van der Waals surface area contributed by atoms with Gasteiger partial charge in [-0.3, -0.25) is 4.79 Å². The van der Waals surface area contributed by atoms with Crippen molar-refractivity contribution in [3.63, 3.8) is 0 Å². The summed E-state index contributed by atoms with van der Waals surface area (Å²) in [5.41, 5.74) is 1.74. The third-order valence-corrected chi connectivity index (χ3v) is 3.97. The third-order valence-electron chi connectivity index (χ3n) is 3.97. The van der Waals surface area contributed by atoms with Gasteiger partial charge >= 0.3 is 0 Å². The Morgan fingerprint density at radius 3 is 2.87 bits per heavy atom. The average molecular weight is 311 g/mol. The maximum atomic E-state index is 12.7. The quantitative estimate of drug-likeness (QED) is 0.870. The molecule has 1 saturated heterocycles. The van der Waals surface area contributed by atoms with Gasteiger partial charge in [0.1, 0.15) is 6.10 Å². The summed E-state index contributed by atoms with van der Waals surface area (Å²) >= 11 is 0. The number of carbonyl (C=O) groups excluding carboxylic acids is 1. The number of amides is 1. The van der Waals surface area contributed by atoms with Crippen molar-refractivity contribution in [2.45, 2.75) is 12.5 Å². The molecular weight excluding hydrogens is 290 g/mol. The van der Waals surface area contributed by atoms with E-state index in [0.717, 1.165) is 17.7 Å². The number of hydrogen-bond acceptors (Lipinski definition) is 4. The topological polar surface area (TPSA) is 45.7 Å². The molecule has 1 aliphatic rings. The molecule has 120 valence electrons. The summed E-state index contributed by atoms with van der Waals surface area (Å²) < 4.78 is 5.84. The summed E-state index contributed by atoms with van der Waals surface area (Å²) in [6.07, 6.45) is 2.54. The zero-order valence-corrected chi connectivity index (χ0v) is 13.5. The molecule has 3 rings (SSSR count). The largest absolute Gasteiger partial charge is 0.472 e. The van der Waals surface area contributed by atoms with Crippen molar-refractivity contribution in [1.29, 1.82) is 0 Å². The van der Waals surface area contributed by atoms with E-state index in [1.165, 1.54) is 0 Å². The molecule has 5 nitrogen and oxygen atoms in total. The number of pyridine rings is 1. The van der Waals surface area contributed by atoms with Crippen molar-refractivity contribution in [1.82, 2.24) is 9.88 Å². The van der Waals surface area contributed by atoms with E-state index < -0.39 is 0 Å². The Labute approximate surface area is 136 Å². The van der Waals surface area contributed by atoms with E-state index >= 15 is 0 Å². The van der Waals surface area contributed by atoms with E-state index in [-0.39, 0.29) is 12.0 Å². The first-order valence-corrected chi connectivity index (χ1v) is 7.78. The Balaban J connectivity index is 1.64. The van der Waals surface area contributed by atoms with Crippen molar-refractivity contribution >= 4 is 11.6 Å². The fraction of sp³-hybridized carbons (Fsp3) is 0.333. The van der Waals surface area contributed by atoms with Crippen LogP contribution in [0.4, 0.5) is 5.69 Å². The summed E-state index contributed by atoms with van der Waals surface area (Å²) in [5, 5.41) is 0. The molecule has 1 fully saturated rings. The second-order valence-corrected chi connectivity index (χ2v) is 5.89. The Kier molecular flexibility index (Phi) is 4.46. The second kappa shape index (κ2) is 6.69. The lowest BCUT2D eigenvalue weighted by atomic mass is 10.1. The van der Waals surface area contributed by atoms with Gasteiger partial charge in [-0.15, -0.1) is 0 Å². The van der Waals surface area contributed by atoms with Crippen LogP contribution in [0.5, 0.6) is 5.88 Å². The molecular formula is C18H21N3O2.